The van der Waals surface area contributed by atoms with Crippen LogP contribution in [0.1, 0.15) is 24.9 Å². The van der Waals surface area contributed by atoms with E-state index in [9.17, 15) is 0 Å². The molecule has 0 amide bonds. The molecule has 1 fully saturated rings. The van der Waals surface area contributed by atoms with Crippen LogP contribution in [-0.2, 0) is 0 Å². The maximum absolute atomic E-state index is 4.29. The van der Waals surface area contributed by atoms with Gasteiger partial charge in [-0.1, -0.05) is 5.57 Å². The molecule has 1 aliphatic heterocycles. The molecule has 0 unspecified atom stereocenters. The van der Waals surface area contributed by atoms with E-state index in [0.717, 1.165) is 37.1 Å². The van der Waals surface area contributed by atoms with Crippen LogP contribution < -0.4 is 5.32 Å². The average molecular weight is 383 g/mol. The second kappa shape index (κ2) is 9.74. The molecule has 0 saturated carbocycles. The minimum atomic E-state index is 0. The van der Waals surface area contributed by atoms with Gasteiger partial charge in [0.2, 0.25) is 0 Å². The van der Waals surface area contributed by atoms with Crippen molar-refractivity contribution >= 4 is 40.7 Å². The first-order valence-corrected chi connectivity index (χ1v) is 7.15. The van der Waals surface area contributed by atoms with Crippen molar-refractivity contribution in [3.8, 4) is 0 Å². The zero-order chi connectivity index (χ0) is 13.0. The summed E-state index contributed by atoms with van der Waals surface area (Å²) in [6, 6.07) is 2.57. The van der Waals surface area contributed by atoms with Crippen molar-refractivity contribution < 1.29 is 0 Å². The minimum Gasteiger partial charge on any atom is -0.314 e. The number of pyridine rings is 1. The van der Waals surface area contributed by atoms with Crippen LogP contribution in [0.4, 0.5) is 0 Å². The molecule has 2 heterocycles. The smallest absolute Gasteiger partial charge is 0.0410 e. The van der Waals surface area contributed by atoms with E-state index in [-0.39, 0.29) is 24.8 Å². The first kappa shape index (κ1) is 19.9. The van der Waals surface area contributed by atoms with Gasteiger partial charge in [0, 0.05) is 49.1 Å². The van der Waals surface area contributed by atoms with E-state index < -0.39 is 0 Å². The Labute approximate surface area is 142 Å². The van der Waals surface area contributed by atoms with Crippen LogP contribution in [-0.4, -0.2) is 36.1 Å². The van der Waals surface area contributed by atoms with Crippen molar-refractivity contribution in [2.45, 2.75) is 19.4 Å². The number of hydrogen-bond donors (Lipinski definition) is 1. The van der Waals surface area contributed by atoms with Crippen molar-refractivity contribution in [2.24, 2.45) is 0 Å². The number of aromatic nitrogens is 1. The summed E-state index contributed by atoms with van der Waals surface area (Å²) < 4.78 is 1.04. The zero-order valence-corrected chi connectivity index (χ0v) is 14.9. The maximum Gasteiger partial charge on any atom is 0.0410 e. The summed E-state index contributed by atoms with van der Waals surface area (Å²) in [7, 11) is 0. The summed E-state index contributed by atoms with van der Waals surface area (Å²) in [5.74, 6) is 0. The molecular weight excluding hydrogens is 361 g/mol. The first-order chi connectivity index (χ1) is 8.66. The Balaban J connectivity index is 0.00000180. The monoisotopic (exact) mass is 381 g/mol. The van der Waals surface area contributed by atoms with E-state index in [0.29, 0.717) is 6.04 Å². The Hall–Kier alpha value is -0.130. The quantitative estimate of drug-likeness (QED) is 0.806. The molecule has 0 aromatic carbocycles. The molecule has 1 aromatic heterocycles. The van der Waals surface area contributed by atoms with Gasteiger partial charge in [0.25, 0.3) is 0 Å². The number of nitrogens with one attached hydrogen (secondary N) is 1. The fraction of sp³-hybridized carbons (Fsp3) is 0.500. The molecule has 1 N–H and O–H groups in total. The Bertz CT molecular complexity index is 423. The van der Waals surface area contributed by atoms with Gasteiger partial charge in [0.05, 0.1) is 0 Å². The van der Waals surface area contributed by atoms with Gasteiger partial charge < -0.3 is 5.32 Å². The molecule has 1 atom stereocenters. The lowest BCUT2D eigenvalue weighted by molar-refractivity contribution is 0.172. The summed E-state index contributed by atoms with van der Waals surface area (Å²) in [6.45, 7) is 10.5. The molecule has 3 nitrogen and oxygen atoms in total. The molecule has 2 rings (SSSR count). The van der Waals surface area contributed by atoms with Gasteiger partial charge in [0.15, 0.2) is 0 Å². The van der Waals surface area contributed by atoms with E-state index >= 15 is 0 Å². The zero-order valence-electron chi connectivity index (χ0n) is 11.6. The molecule has 0 aliphatic carbocycles. The largest absolute Gasteiger partial charge is 0.314 e. The standard InChI is InChI=1S/C14H20BrN3.2ClH/c1-11(2)7-14(18-5-3-16-4-6-18)12-8-13(15)10-17-9-12;;/h8-10,14,16H,1,3-7H2,2H3;2*1H/t14-;;/m0../s1. The van der Waals surface area contributed by atoms with Gasteiger partial charge in [0.1, 0.15) is 0 Å². The van der Waals surface area contributed by atoms with E-state index in [1.165, 1.54) is 11.1 Å². The van der Waals surface area contributed by atoms with Crippen molar-refractivity contribution in [2.75, 3.05) is 26.2 Å². The van der Waals surface area contributed by atoms with Gasteiger partial charge in [-0.05, 0) is 40.9 Å². The lowest BCUT2D eigenvalue weighted by Gasteiger charge is -2.35. The third-order valence-corrected chi connectivity index (χ3v) is 3.68. The highest BCUT2D eigenvalue weighted by Gasteiger charge is 2.22. The molecule has 0 bridgehead atoms. The molecule has 1 aromatic rings. The number of hydrogen-bond acceptors (Lipinski definition) is 3. The highest BCUT2D eigenvalue weighted by Crippen LogP contribution is 2.28. The topological polar surface area (TPSA) is 28.2 Å². The van der Waals surface area contributed by atoms with Crippen LogP contribution in [0.5, 0.6) is 0 Å². The van der Waals surface area contributed by atoms with Crippen LogP contribution in [0.2, 0.25) is 0 Å². The molecule has 1 aliphatic rings. The Kier molecular flexibility index (Phi) is 9.68. The second-order valence-electron chi connectivity index (χ2n) is 4.90. The molecule has 20 heavy (non-hydrogen) atoms. The van der Waals surface area contributed by atoms with Crippen molar-refractivity contribution in [1.29, 1.82) is 0 Å². The highest BCUT2D eigenvalue weighted by molar-refractivity contribution is 9.10. The van der Waals surface area contributed by atoms with Crippen LogP contribution in [0, 0.1) is 0 Å². The third kappa shape index (κ3) is 5.70. The van der Waals surface area contributed by atoms with Crippen molar-refractivity contribution in [3.63, 3.8) is 0 Å². The fourth-order valence-corrected chi connectivity index (χ4v) is 2.77. The normalized spacial score (nSPS) is 16.7. The number of halogens is 3. The second-order valence-corrected chi connectivity index (χ2v) is 5.82. The number of rotatable bonds is 4. The Morgan fingerprint density at radius 1 is 1.40 bits per heavy atom. The Morgan fingerprint density at radius 2 is 2.05 bits per heavy atom. The maximum atomic E-state index is 4.29. The van der Waals surface area contributed by atoms with Gasteiger partial charge in [-0.25, -0.2) is 0 Å². The van der Waals surface area contributed by atoms with Crippen LogP contribution >= 0.6 is 40.7 Å². The highest BCUT2D eigenvalue weighted by atomic mass is 79.9. The van der Waals surface area contributed by atoms with Crippen molar-refractivity contribution in [1.82, 2.24) is 15.2 Å². The van der Waals surface area contributed by atoms with Gasteiger partial charge in [-0.2, -0.15) is 0 Å². The van der Waals surface area contributed by atoms with Crippen molar-refractivity contribution in [3.05, 3.63) is 40.6 Å². The summed E-state index contributed by atoms with van der Waals surface area (Å²) in [5, 5.41) is 3.40. The molecule has 1 saturated heterocycles. The summed E-state index contributed by atoms with van der Waals surface area (Å²) in [6.07, 6.45) is 4.80. The molecule has 6 heteroatoms. The predicted octanol–water partition coefficient (Wildman–Crippen LogP) is 3.60. The van der Waals surface area contributed by atoms with Gasteiger partial charge in [-0.15, -0.1) is 31.4 Å². The van der Waals surface area contributed by atoms with E-state index in [1.807, 2.05) is 12.4 Å². The van der Waals surface area contributed by atoms with Crippen LogP contribution in [0.25, 0.3) is 0 Å². The van der Waals surface area contributed by atoms with E-state index in [2.05, 4.69) is 50.7 Å². The minimum absolute atomic E-state index is 0. The van der Waals surface area contributed by atoms with Crippen LogP contribution in [0.3, 0.4) is 0 Å². The summed E-state index contributed by atoms with van der Waals surface area (Å²) in [5.41, 5.74) is 2.49. The molecule has 114 valence electrons. The predicted molar refractivity (Wildman–Crippen MR) is 93.0 cm³/mol. The molecule has 0 spiro atoms. The van der Waals surface area contributed by atoms with E-state index in [4.69, 9.17) is 0 Å². The SMILES string of the molecule is C=C(C)C[C@@H](c1cncc(Br)c1)N1CCNCC1.Cl.Cl. The third-order valence-electron chi connectivity index (χ3n) is 3.24. The molecule has 0 radical (unpaired) electrons. The van der Waals surface area contributed by atoms with E-state index in [1.54, 1.807) is 0 Å². The van der Waals surface area contributed by atoms with Crippen LogP contribution in [0.15, 0.2) is 35.1 Å². The molecular formula is C14H22BrCl2N3. The average Bonchev–Trinajstić information content (AvgIpc) is 2.37. The lowest BCUT2D eigenvalue weighted by Crippen LogP contribution is -2.45. The number of piperazine rings is 1. The van der Waals surface area contributed by atoms with Gasteiger partial charge in [-0.3, -0.25) is 9.88 Å². The summed E-state index contributed by atoms with van der Waals surface area (Å²) >= 11 is 3.50. The Morgan fingerprint density at radius 3 is 2.60 bits per heavy atom. The van der Waals surface area contributed by atoms with Gasteiger partial charge >= 0.3 is 0 Å². The summed E-state index contributed by atoms with van der Waals surface area (Å²) in [4.78, 5) is 6.81. The fourth-order valence-electron chi connectivity index (χ4n) is 2.39. The first-order valence-electron chi connectivity index (χ1n) is 6.36. The number of nitrogens with zero attached hydrogens (tertiary/aromatic N) is 2. The lowest BCUT2D eigenvalue weighted by atomic mass is 9.99.